The quantitative estimate of drug-likeness (QED) is 0.723. The highest BCUT2D eigenvalue weighted by molar-refractivity contribution is 5.88. The molecule has 5 heteroatoms. The number of nitrogens with zero attached hydrogens (tertiary/aromatic N) is 1. The zero-order chi connectivity index (χ0) is 13.2. The molecule has 0 radical (unpaired) electrons. The number of nitrogens with one attached hydrogen (secondary N) is 1. The Morgan fingerprint density at radius 3 is 2.89 bits per heavy atom. The molecule has 0 aromatic rings. The van der Waals surface area contributed by atoms with Gasteiger partial charge in [0.05, 0.1) is 18.2 Å². The molecular weight excluding hydrogens is 230 g/mol. The van der Waals surface area contributed by atoms with Crippen LogP contribution in [0.1, 0.15) is 26.7 Å². The monoisotopic (exact) mass is 255 g/mol. The number of nitrogens with two attached hydrogens (primary N) is 1. The maximum atomic E-state index is 11.7. The molecule has 2 aliphatic rings. The summed E-state index contributed by atoms with van der Waals surface area (Å²) in [7, 11) is 0. The first-order chi connectivity index (χ1) is 8.49. The summed E-state index contributed by atoms with van der Waals surface area (Å²) in [6, 6.07) is 0. The van der Waals surface area contributed by atoms with Gasteiger partial charge in [0.2, 0.25) is 5.91 Å². The lowest BCUT2D eigenvalue weighted by Crippen LogP contribution is -2.51. The summed E-state index contributed by atoms with van der Waals surface area (Å²) in [6.07, 6.45) is 1.72. The summed E-state index contributed by atoms with van der Waals surface area (Å²) in [5, 5.41) is 2.91. The van der Waals surface area contributed by atoms with E-state index in [1.807, 2.05) is 0 Å². The molecule has 1 aliphatic heterocycles. The zero-order valence-electron chi connectivity index (χ0n) is 11.4. The fraction of sp³-hybridized carbons (Fsp3) is 0.923. The van der Waals surface area contributed by atoms with Crippen LogP contribution in [0.2, 0.25) is 0 Å². The van der Waals surface area contributed by atoms with Crippen molar-refractivity contribution >= 4 is 5.91 Å². The van der Waals surface area contributed by atoms with Crippen molar-refractivity contribution in [2.75, 3.05) is 32.8 Å². The van der Waals surface area contributed by atoms with Crippen LogP contribution >= 0.6 is 0 Å². The lowest BCUT2D eigenvalue weighted by molar-refractivity contribution is -0.124. The fourth-order valence-corrected chi connectivity index (χ4v) is 2.33. The van der Waals surface area contributed by atoms with E-state index in [0.29, 0.717) is 12.5 Å². The van der Waals surface area contributed by atoms with E-state index in [4.69, 9.17) is 10.5 Å². The van der Waals surface area contributed by atoms with Crippen LogP contribution in [0, 0.1) is 5.92 Å². The first-order valence-corrected chi connectivity index (χ1v) is 6.91. The van der Waals surface area contributed by atoms with Crippen molar-refractivity contribution in [1.29, 1.82) is 0 Å². The van der Waals surface area contributed by atoms with Gasteiger partial charge in [0.1, 0.15) is 0 Å². The van der Waals surface area contributed by atoms with Gasteiger partial charge in [-0.05, 0) is 18.8 Å². The Hall–Kier alpha value is -0.650. The number of hydrogen-bond acceptors (Lipinski definition) is 4. The third kappa shape index (κ3) is 3.67. The first-order valence-electron chi connectivity index (χ1n) is 6.91. The third-order valence-corrected chi connectivity index (χ3v) is 3.58. The van der Waals surface area contributed by atoms with E-state index >= 15 is 0 Å². The SMILES string of the molecule is CC(C)CN1CCOC(CNC(=O)C2(N)CC2)C1. The summed E-state index contributed by atoms with van der Waals surface area (Å²) in [4.78, 5) is 14.1. The molecule has 1 aliphatic carbocycles. The van der Waals surface area contributed by atoms with E-state index in [-0.39, 0.29) is 12.0 Å². The molecule has 1 unspecified atom stereocenters. The minimum Gasteiger partial charge on any atom is -0.374 e. The molecule has 0 aromatic heterocycles. The van der Waals surface area contributed by atoms with Crippen LogP contribution < -0.4 is 11.1 Å². The summed E-state index contributed by atoms with van der Waals surface area (Å²) < 4.78 is 5.68. The number of morpholine rings is 1. The highest BCUT2D eigenvalue weighted by atomic mass is 16.5. The summed E-state index contributed by atoms with van der Waals surface area (Å²) >= 11 is 0. The number of carbonyl (C=O) groups excluding carboxylic acids is 1. The lowest BCUT2D eigenvalue weighted by atomic mass is 10.1. The molecule has 0 spiro atoms. The van der Waals surface area contributed by atoms with Crippen LogP contribution in [0.5, 0.6) is 0 Å². The topological polar surface area (TPSA) is 67.6 Å². The van der Waals surface area contributed by atoms with Crippen LogP contribution in [0.3, 0.4) is 0 Å². The zero-order valence-corrected chi connectivity index (χ0v) is 11.4. The van der Waals surface area contributed by atoms with Crippen LogP contribution in [-0.4, -0.2) is 55.2 Å². The largest absolute Gasteiger partial charge is 0.374 e. The van der Waals surface area contributed by atoms with Gasteiger partial charge in [-0.25, -0.2) is 0 Å². The Balaban J connectivity index is 1.70. The normalized spacial score (nSPS) is 27.2. The van der Waals surface area contributed by atoms with Crippen LogP contribution in [-0.2, 0) is 9.53 Å². The second-order valence-corrected chi connectivity index (χ2v) is 6.01. The molecule has 2 rings (SSSR count). The van der Waals surface area contributed by atoms with Crippen molar-refractivity contribution in [3.63, 3.8) is 0 Å². The molecular formula is C13H25N3O2. The standard InChI is InChI=1S/C13H25N3O2/c1-10(2)8-16-5-6-18-11(9-16)7-15-12(17)13(14)3-4-13/h10-11H,3-9,14H2,1-2H3,(H,15,17). The van der Waals surface area contributed by atoms with Crippen molar-refractivity contribution in [2.45, 2.75) is 38.3 Å². The third-order valence-electron chi connectivity index (χ3n) is 3.58. The van der Waals surface area contributed by atoms with Crippen molar-refractivity contribution in [2.24, 2.45) is 11.7 Å². The second kappa shape index (κ2) is 5.55. The van der Waals surface area contributed by atoms with Gasteiger partial charge in [0.15, 0.2) is 0 Å². The number of carbonyl (C=O) groups is 1. The summed E-state index contributed by atoms with van der Waals surface area (Å²) in [6.45, 7) is 8.75. The van der Waals surface area contributed by atoms with Crippen molar-refractivity contribution in [3.8, 4) is 0 Å². The van der Waals surface area contributed by atoms with Gasteiger partial charge in [-0.1, -0.05) is 13.8 Å². The highest BCUT2D eigenvalue weighted by Crippen LogP contribution is 2.32. The molecule has 104 valence electrons. The number of rotatable bonds is 5. The number of ether oxygens (including phenoxy) is 1. The number of amides is 1. The summed E-state index contributed by atoms with van der Waals surface area (Å²) in [5.74, 6) is 0.643. The highest BCUT2D eigenvalue weighted by Gasteiger charge is 2.45. The van der Waals surface area contributed by atoms with Gasteiger partial charge < -0.3 is 15.8 Å². The van der Waals surface area contributed by atoms with E-state index in [1.54, 1.807) is 0 Å². The van der Waals surface area contributed by atoms with E-state index in [2.05, 4.69) is 24.1 Å². The molecule has 2 fully saturated rings. The predicted octanol–water partition coefficient (Wildman–Crippen LogP) is -0.0493. The Kier molecular flexibility index (Phi) is 4.25. The molecule has 1 heterocycles. The molecule has 1 amide bonds. The molecule has 3 N–H and O–H groups in total. The van der Waals surface area contributed by atoms with Crippen molar-refractivity contribution in [3.05, 3.63) is 0 Å². The Bertz CT molecular complexity index is 303. The average Bonchev–Trinajstić information content (AvgIpc) is 3.05. The maximum absolute atomic E-state index is 11.7. The van der Waals surface area contributed by atoms with Crippen LogP contribution in [0.25, 0.3) is 0 Å². The fourth-order valence-electron chi connectivity index (χ4n) is 2.33. The van der Waals surface area contributed by atoms with Crippen molar-refractivity contribution in [1.82, 2.24) is 10.2 Å². The minimum absolute atomic E-state index is 0.0212. The van der Waals surface area contributed by atoms with Gasteiger partial charge in [-0.2, -0.15) is 0 Å². The minimum atomic E-state index is -0.577. The Morgan fingerprint density at radius 2 is 2.28 bits per heavy atom. The average molecular weight is 255 g/mol. The van der Waals surface area contributed by atoms with Gasteiger partial charge in [-0.3, -0.25) is 9.69 Å². The predicted molar refractivity (Wildman–Crippen MR) is 70.2 cm³/mol. The molecule has 1 atom stereocenters. The van der Waals surface area contributed by atoms with E-state index in [1.165, 1.54) is 0 Å². The van der Waals surface area contributed by atoms with E-state index < -0.39 is 5.54 Å². The second-order valence-electron chi connectivity index (χ2n) is 6.01. The Labute approximate surface area is 109 Å². The molecule has 1 saturated heterocycles. The maximum Gasteiger partial charge on any atom is 0.240 e. The molecule has 18 heavy (non-hydrogen) atoms. The molecule has 0 bridgehead atoms. The van der Waals surface area contributed by atoms with Gasteiger partial charge in [0.25, 0.3) is 0 Å². The van der Waals surface area contributed by atoms with Gasteiger partial charge >= 0.3 is 0 Å². The summed E-state index contributed by atoms with van der Waals surface area (Å²) in [5.41, 5.74) is 5.26. The number of hydrogen-bond donors (Lipinski definition) is 2. The van der Waals surface area contributed by atoms with E-state index in [0.717, 1.165) is 39.1 Å². The van der Waals surface area contributed by atoms with Crippen LogP contribution in [0.15, 0.2) is 0 Å². The van der Waals surface area contributed by atoms with Crippen LogP contribution in [0.4, 0.5) is 0 Å². The lowest BCUT2D eigenvalue weighted by Gasteiger charge is -2.34. The Morgan fingerprint density at radius 1 is 1.56 bits per heavy atom. The first kappa shape index (κ1) is 13.8. The molecule has 0 aromatic carbocycles. The van der Waals surface area contributed by atoms with E-state index in [9.17, 15) is 4.79 Å². The molecule has 5 nitrogen and oxygen atoms in total. The molecule has 1 saturated carbocycles. The van der Waals surface area contributed by atoms with Gasteiger partial charge in [0, 0.05) is 26.2 Å². The van der Waals surface area contributed by atoms with Crippen molar-refractivity contribution < 1.29 is 9.53 Å². The van der Waals surface area contributed by atoms with Gasteiger partial charge in [-0.15, -0.1) is 0 Å². The smallest absolute Gasteiger partial charge is 0.240 e.